The van der Waals surface area contributed by atoms with Crippen molar-refractivity contribution in [2.45, 2.75) is 78.1 Å². The number of furan rings is 1. The van der Waals surface area contributed by atoms with Crippen LogP contribution < -0.4 is 9.75 Å². The minimum atomic E-state index is -1.63. The molecule has 5 heteroatoms. The number of aromatic nitrogens is 2. The molecule has 2 aromatic carbocycles. The molecule has 0 N–H and O–H groups in total. The van der Waals surface area contributed by atoms with E-state index >= 15 is 0 Å². The third-order valence-corrected chi connectivity index (χ3v) is 11.8. The van der Waals surface area contributed by atoms with E-state index in [-0.39, 0.29) is 6.04 Å². The molecule has 0 saturated carbocycles. The van der Waals surface area contributed by atoms with Crippen molar-refractivity contribution in [3.8, 4) is 11.3 Å². The standard InChI is InChI=1S/C40H44N3OSi/c1-9-35-29-16-18-33-34-15-14-25(4)42-40(34)44-39(33)32(29)19-17-31-28-12-10-11-13-30(28)37-22-27(20-24(2)3)38(45(6,7)8)23-43(37)36(31)21-26(5)41-35/h9-16,18,22-24,31,36H,1,5,17,19-21H2,2-4,6-8H3/q+1. The highest BCUT2D eigenvalue weighted by Crippen LogP contribution is 2.45. The quantitative estimate of drug-likeness (QED) is 0.150. The average molecular weight is 611 g/mol. The number of pyridine rings is 2. The van der Waals surface area contributed by atoms with Crippen LogP contribution in [-0.4, -0.2) is 18.8 Å². The number of aliphatic imine (C=N–C) groups is 1. The fourth-order valence-corrected chi connectivity index (χ4v) is 9.42. The number of hydrogen-bond donors (Lipinski definition) is 0. The van der Waals surface area contributed by atoms with Gasteiger partial charge in [-0.2, -0.15) is 4.57 Å². The van der Waals surface area contributed by atoms with Gasteiger partial charge in [0.1, 0.15) is 5.58 Å². The van der Waals surface area contributed by atoms with E-state index in [2.05, 4.69) is 112 Å². The number of aryl methyl sites for hydroxylation is 2. The number of nitrogens with zero attached hydrogens (tertiary/aromatic N) is 3. The summed E-state index contributed by atoms with van der Waals surface area (Å²) in [5.41, 5.74) is 12.2. The minimum Gasteiger partial charge on any atom is -0.437 e. The second-order valence-corrected chi connectivity index (χ2v) is 19.5. The Bertz CT molecular complexity index is 2040. The van der Waals surface area contributed by atoms with Crippen molar-refractivity contribution >= 4 is 41.0 Å². The summed E-state index contributed by atoms with van der Waals surface area (Å²) in [6.07, 6.45) is 8.14. The van der Waals surface area contributed by atoms with Crippen molar-refractivity contribution in [2.75, 3.05) is 0 Å². The zero-order chi connectivity index (χ0) is 31.6. The van der Waals surface area contributed by atoms with E-state index in [1.54, 1.807) is 5.19 Å². The molecule has 0 bridgehead atoms. The van der Waals surface area contributed by atoms with Gasteiger partial charge in [-0.15, -0.1) is 0 Å². The lowest BCUT2D eigenvalue weighted by molar-refractivity contribution is -0.717. The molecule has 2 unspecified atom stereocenters. The van der Waals surface area contributed by atoms with Crippen LogP contribution in [0, 0.1) is 12.8 Å². The van der Waals surface area contributed by atoms with Crippen LogP contribution in [0.4, 0.5) is 0 Å². The van der Waals surface area contributed by atoms with E-state index in [1.165, 1.54) is 27.9 Å². The summed E-state index contributed by atoms with van der Waals surface area (Å²) in [6, 6.07) is 20.3. The van der Waals surface area contributed by atoms with Gasteiger partial charge in [0.05, 0.1) is 20.2 Å². The molecule has 45 heavy (non-hydrogen) atoms. The number of benzene rings is 2. The van der Waals surface area contributed by atoms with Crippen molar-refractivity contribution in [1.29, 1.82) is 0 Å². The van der Waals surface area contributed by atoms with E-state index in [4.69, 9.17) is 14.4 Å². The second-order valence-electron chi connectivity index (χ2n) is 14.5. The number of rotatable bonds is 4. The second kappa shape index (κ2) is 11.1. The Morgan fingerprint density at radius 1 is 1.04 bits per heavy atom. The maximum atomic E-state index is 6.56. The molecule has 3 aromatic heterocycles. The molecule has 228 valence electrons. The largest absolute Gasteiger partial charge is 0.437 e. The molecule has 0 spiro atoms. The summed E-state index contributed by atoms with van der Waals surface area (Å²) in [7, 11) is -1.63. The van der Waals surface area contributed by atoms with Crippen LogP contribution in [0.3, 0.4) is 0 Å². The highest BCUT2D eigenvalue weighted by Gasteiger charge is 2.42. The van der Waals surface area contributed by atoms with Gasteiger partial charge in [0.15, 0.2) is 12.2 Å². The highest BCUT2D eigenvalue weighted by molar-refractivity contribution is 6.89. The smallest absolute Gasteiger partial charge is 0.227 e. The van der Waals surface area contributed by atoms with Crippen molar-refractivity contribution in [2.24, 2.45) is 10.9 Å². The van der Waals surface area contributed by atoms with Gasteiger partial charge in [0.2, 0.25) is 11.4 Å². The Kier molecular flexibility index (Phi) is 7.28. The molecule has 0 fully saturated rings. The van der Waals surface area contributed by atoms with Crippen molar-refractivity contribution < 1.29 is 8.98 Å². The van der Waals surface area contributed by atoms with Crippen LogP contribution in [0.5, 0.6) is 0 Å². The Balaban J connectivity index is 1.44. The maximum absolute atomic E-state index is 6.56. The number of fused-ring (bicyclic) bond motifs is 11. The van der Waals surface area contributed by atoms with Gasteiger partial charge in [-0.1, -0.05) is 70.9 Å². The molecule has 0 amide bonds. The lowest BCUT2D eigenvalue weighted by Crippen LogP contribution is -2.54. The molecular formula is C40H44N3OSi+. The van der Waals surface area contributed by atoms with E-state index in [0.717, 1.165) is 64.7 Å². The summed E-state index contributed by atoms with van der Waals surface area (Å²) >= 11 is 0. The third-order valence-electron chi connectivity index (χ3n) is 9.74. The summed E-state index contributed by atoms with van der Waals surface area (Å²) in [6.45, 7) is 22.8. The van der Waals surface area contributed by atoms with Gasteiger partial charge in [-0.05, 0) is 73.6 Å². The summed E-state index contributed by atoms with van der Waals surface area (Å²) < 4.78 is 9.16. The van der Waals surface area contributed by atoms with Crippen LogP contribution in [0.1, 0.15) is 66.6 Å². The minimum absolute atomic E-state index is 0.209. The zero-order valence-corrected chi connectivity index (χ0v) is 28.6. The Hall–Kier alpha value is -4.09. The average Bonchev–Trinajstić information content (AvgIpc) is 3.36. The molecule has 0 aliphatic carbocycles. The predicted molar refractivity (Wildman–Crippen MR) is 190 cm³/mol. The Morgan fingerprint density at radius 3 is 2.58 bits per heavy atom. The molecule has 2 atom stereocenters. The predicted octanol–water partition coefficient (Wildman–Crippen LogP) is 9.15. The molecule has 5 heterocycles. The Labute approximate surface area is 268 Å². The van der Waals surface area contributed by atoms with E-state index in [9.17, 15) is 0 Å². The van der Waals surface area contributed by atoms with Gasteiger partial charge < -0.3 is 4.42 Å². The summed E-state index contributed by atoms with van der Waals surface area (Å²) in [5.74, 6) is 0.901. The normalized spacial score (nSPS) is 18.3. The van der Waals surface area contributed by atoms with Crippen LogP contribution in [0.2, 0.25) is 19.6 Å². The topological polar surface area (TPSA) is 42.3 Å². The highest BCUT2D eigenvalue weighted by atomic mass is 28.3. The molecule has 4 nitrogen and oxygen atoms in total. The fourth-order valence-electron chi connectivity index (χ4n) is 7.76. The molecule has 0 radical (unpaired) electrons. The molecule has 2 aliphatic heterocycles. The molecule has 0 saturated heterocycles. The lowest BCUT2D eigenvalue weighted by Gasteiger charge is -2.33. The van der Waals surface area contributed by atoms with Crippen molar-refractivity contribution in [3.05, 3.63) is 114 Å². The van der Waals surface area contributed by atoms with Gasteiger partial charge >= 0.3 is 0 Å². The fraction of sp³-hybridized carbons (Fsp3) is 0.325. The van der Waals surface area contributed by atoms with Gasteiger partial charge in [-0.25, -0.2) is 4.98 Å². The van der Waals surface area contributed by atoms with Crippen molar-refractivity contribution in [1.82, 2.24) is 4.98 Å². The SMILES string of the molecule is C=CC1=NC(=C)CC2C(CCc3c1ccc1c3oc3nc(C)ccc31)c1ccccc1-c1cc(CC(C)C)c([Si](C)(C)C)c[n+]12. The van der Waals surface area contributed by atoms with Gasteiger partial charge in [-0.3, -0.25) is 4.99 Å². The van der Waals surface area contributed by atoms with Crippen LogP contribution >= 0.6 is 0 Å². The molecule has 5 aromatic rings. The monoisotopic (exact) mass is 610 g/mol. The first-order valence-corrected chi connectivity index (χ1v) is 19.9. The lowest BCUT2D eigenvalue weighted by atomic mass is 9.77. The van der Waals surface area contributed by atoms with Gasteiger partial charge in [0, 0.05) is 56.0 Å². The first-order valence-electron chi connectivity index (χ1n) is 16.4. The van der Waals surface area contributed by atoms with Gasteiger partial charge in [0.25, 0.3) is 0 Å². The van der Waals surface area contributed by atoms with Crippen LogP contribution in [0.25, 0.3) is 33.3 Å². The first kappa shape index (κ1) is 29.6. The van der Waals surface area contributed by atoms with Crippen molar-refractivity contribution in [3.63, 3.8) is 0 Å². The van der Waals surface area contributed by atoms with Crippen LogP contribution in [-0.2, 0) is 12.8 Å². The number of allylic oxidation sites excluding steroid dienone is 2. The first-order chi connectivity index (χ1) is 21.5. The molecular weight excluding hydrogens is 567 g/mol. The molecule has 2 aliphatic rings. The molecule has 7 rings (SSSR count). The summed E-state index contributed by atoms with van der Waals surface area (Å²) in [4.78, 5) is 9.89. The van der Waals surface area contributed by atoms with E-state index in [1.807, 2.05) is 13.0 Å². The maximum Gasteiger partial charge on any atom is 0.227 e. The van der Waals surface area contributed by atoms with E-state index in [0.29, 0.717) is 17.5 Å². The zero-order valence-electron chi connectivity index (χ0n) is 27.6. The summed E-state index contributed by atoms with van der Waals surface area (Å²) in [5, 5.41) is 3.72. The Morgan fingerprint density at radius 2 is 1.82 bits per heavy atom. The third kappa shape index (κ3) is 5.11. The number of hydrogen-bond acceptors (Lipinski definition) is 3. The van der Waals surface area contributed by atoms with E-state index < -0.39 is 8.07 Å². The van der Waals surface area contributed by atoms with Crippen LogP contribution in [0.15, 0.2) is 95.1 Å².